The topological polar surface area (TPSA) is 26.0 Å². The van der Waals surface area contributed by atoms with E-state index >= 15 is 0 Å². The third-order valence-electron chi connectivity index (χ3n) is 2.04. The minimum atomic E-state index is 0.163. The highest BCUT2D eigenvalue weighted by molar-refractivity contribution is 6.42. The van der Waals surface area contributed by atoms with Crippen molar-refractivity contribution in [1.29, 1.82) is 0 Å². The van der Waals surface area contributed by atoms with Gasteiger partial charge in [0.25, 0.3) is 0 Å². The largest absolute Gasteiger partial charge is 0.327 e. The van der Waals surface area contributed by atoms with Crippen molar-refractivity contribution in [2.24, 2.45) is 5.73 Å². The van der Waals surface area contributed by atoms with Gasteiger partial charge in [-0.1, -0.05) is 42.3 Å². The molecule has 0 aliphatic carbocycles. The molecule has 0 fully saturated rings. The lowest BCUT2D eigenvalue weighted by Gasteiger charge is -2.10. The molecule has 0 unspecified atom stereocenters. The Labute approximate surface area is 88.8 Å². The molecule has 1 atom stereocenters. The fourth-order valence-electron chi connectivity index (χ4n) is 1.13. The van der Waals surface area contributed by atoms with Crippen LogP contribution in [-0.2, 0) is 6.42 Å². The fraction of sp³-hybridized carbons (Fsp3) is 0.400. The van der Waals surface area contributed by atoms with Gasteiger partial charge in [-0.05, 0) is 24.5 Å². The van der Waals surface area contributed by atoms with Crippen molar-refractivity contribution in [3.8, 4) is 0 Å². The van der Waals surface area contributed by atoms with Crippen LogP contribution < -0.4 is 5.73 Å². The zero-order valence-corrected chi connectivity index (χ0v) is 9.07. The molecule has 3 heteroatoms. The van der Waals surface area contributed by atoms with Gasteiger partial charge in [0.05, 0.1) is 10.0 Å². The number of benzene rings is 1. The van der Waals surface area contributed by atoms with E-state index in [2.05, 4.69) is 6.92 Å². The summed E-state index contributed by atoms with van der Waals surface area (Å²) in [6.45, 7) is 2.06. The highest BCUT2D eigenvalue weighted by atomic mass is 35.5. The molecule has 1 rings (SSSR count). The first-order valence-corrected chi connectivity index (χ1v) is 5.09. The van der Waals surface area contributed by atoms with E-state index in [0.717, 1.165) is 18.4 Å². The van der Waals surface area contributed by atoms with Gasteiger partial charge in [0.2, 0.25) is 0 Å². The molecule has 0 bridgehead atoms. The van der Waals surface area contributed by atoms with E-state index in [0.29, 0.717) is 10.0 Å². The van der Waals surface area contributed by atoms with Crippen LogP contribution in [0.4, 0.5) is 0 Å². The van der Waals surface area contributed by atoms with Gasteiger partial charge in [-0.15, -0.1) is 0 Å². The maximum atomic E-state index is 6.01. The summed E-state index contributed by atoms with van der Waals surface area (Å²) in [6, 6.07) is 5.80. The van der Waals surface area contributed by atoms with Crippen LogP contribution in [0.25, 0.3) is 0 Å². The molecule has 1 nitrogen and oxygen atoms in total. The normalized spacial score (nSPS) is 12.9. The minimum Gasteiger partial charge on any atom is -0.327 e. The number of hydrogen-bond donors (Lipinski definition) is 1. The number of nitrogens with two attached hydrogens (primary N) is 1. The van der Waals surface area contributed by atoms with Gasteiger partial charge in [-0.3, -0.25) is 0 Å². The standard InChI is InChI=1S/C10H13Cl2N/c1-2-8(13)6-7-4-3-5-9(11)10(7)12/h3-5,8H,2,6,13H2,1H3/t8-/m1/s1. The Balaban J connectivity index is 2.83. The second kappa shape index (κ2) is 4.85. The summed E-state index contributed by atoms with van der Waals surface area (Å²) in [5, 5.41) is 1.23. The predicted molar refractivity (Wildman–Crippen MR) is 58.4 cm³/mol. The van der Waals surface area contributed by atoms with Crippen molar-refractivity contribution in [1.82, 2.24) is 0 Å². The molecule has 0 radical (unpaired) electrons. The van der Waals surface area contributed by atoms with Gasteiger partial charge in [0.15, 0.2) is 0 Å². The molecule has 0 aliphatic rings. The first-order valence-electron chi connectivity index (χ1n) is 4.33. The maximum Gasteiger partial charge on any atom is 0.0624 e. The van der Waals surface area contributed by atoms with E-state index in [4.69, 9.17) is 28.9 Å². The van der Waals surface area contributed by atoms with E-state index in [1.54, 1.807) is 6.07 Å². The number of rotatable bonds is 3. The average Bonchev–Trinajstić information content (AvgIpc) is 2.13. The van der Waals surface area contributed by atoms with Gasteiger partial charge in [-0.2, -0.15) is 0 Å². The first kappa shape index (κ1) is 10.8. The van der Waals surface area contributed by atoms with Crippen LogP contribution in [-0.4, -0.2) is 6.04 Å². The lowest BCUT2D eigenvalue weighted by Crippen LogP contribution is -2.21. The monoisotopic (exact) mass is 217 g/mol. The highest BCUT2D eigenvalue weighted by Crippen LogP contribution is 2.26. The Morgan fingerprint density at radius 1 is 1.38 bits per heavy atom. The van der Waals surface area contributed by atoms with Crippen molar-refractivity contribution in [3.63, 3.8) is 0 Å². The molecule has 0 amide bonds. The quantitative estimate of drug-likeness (QED) is 0.827. The van der Waals surface area contributed by atoms with Crippen LogP contribution in [0.15, 0.2) is 18.2 Å². The van der Waals surface area contributed by atoms with Crippen LogP contribution in [0.3, 0.4) is 0 Å². The number of halogens is 2. The first-order chi connectivity index (χ1) is 6.15. The summed E-state index contributed by atoms with van der Waals surface area (Å²) in [5.74, 6) is 0. The molecule has 72 valence electrons. The molecule has 0 saturated carbocycles. The molecular formula is C10H13Cl2N. The molecule has 0 aliphatic heterocycles. The van der Waals surface area contributed by atoms with E-state index in [1.165, 1.54) is 0 Å². The van der Waals surface area contributed by atoms with E-state index in [1.807, 2.05) is 12.1 Å². The molecule has 2 N–H and O–H groups in total. The molecule has 1 aromatic rings. The van der Waals surface area contributed by atoms with Gasteiger partial charge in [-0.25, -0.2) is 0 Å². The predicted octanol–water partition coefficient (Wildman–Crippen LogP) is 3.27. The molecule has 0 spiro atoms. The maximum absolute atomic E-state index is 6.01. The molecule has 0 saturated heterocycles. The van der Waals surface area contributed by atoms with Crippen molar-refractivity contribution in [2.45, 2.75) is 25.8 Å². The molecule has 1 aromatic carbocycles. The van der Waals surface area contributed by atoms with Gasteiger partial charge in [0, 0.05) is 6.04 Å². The zero-order chi connectivity index (χ0) is 9.84. The van der Waals surface area contributed by atoms with Crippen LogP contribution in [0.2, 0.25) is 10.0 Å². The summed E-state index contributed by atoms with van der Waals surface area (Å²) in [7, 11) is 0. The SMILES string of the molecule is CC[C@@H](N)Cc1cccc(Cl)c1Cl. The second-order valence-corrected chi connectivity index (χ2v) is 3.87. The molecule has 13 heavy (non-hydrogen) atoms. The summed E-state index contributed by atoms with van der Waals surface area (Å²) >= 11 is 11.9. The lowest BCUT2D eigenvalue weighted by molar-refractivity contribution is 0.646. The molecule has 0 aromatic heterocycles. The van der Waals surface area contributed by atoms with Crippen LogP contribution in [0, 0.1) is 0 Å². The van der Waals surface area contributed by atoms with Crippen LogP contribution >= 0.6 is 23.2 Å². The Hall–Kier alpha value is -0.240. The van der Waals surface area contributed by atoms with E-state index < -0.39 is 0 Å². The van der Waals surface area contributed by atoms with Crippen LogP contribution in [0.1, 0.15) is 18.9 Å². The third-order valence-corrected chi connectivity index (χ3v) is 2.90. The Morgan fingerprint density at radius 3 is 2.69 bits per heavy atom. The van der Waals surface area contributed by atoms with E-state index in [9.17, 15) is 0 Å². The average molecular weight is 218 g/mol. The smallest absolute Gasteiger partial charge is 0.0624 e. The van der Waals surface area contributed by atoms with E-state index in [-0.39, 0.29) is 6.04 Å². The summed E-state index contributed by atoms with van der Waals surface area (Å²) in [5.41, 5.74) is 6.85. The minimum absolute atomic E-state index is 0.163. The Kier molecular flexibility index (Phi) is 4.04. The Bertz CT molecular complexity index is 286. The summed E-state index contributed by atoms with van der Waals surface area (Å²) < 4.78 is 0. The second-order valence-electron chi connectivity index (χ2n) is 3.09. The lowest BCUT2D eigenvalue weighted by atomic mass is 10.1. The van der Waals surface area contributed by atoms with Gasteiger partial charge < -0.3 is 5.73 Å². The van der Waals surface area contributed by atoms with Crippen LogP contribution in [0.5, 0.6) is 0 Å². The highest BCUT2D eigenvalue weighted by Gasteiger charge is 2.07. The zero-order valence-electron chi connectivity index (χ0n) is 7.56. The number of hydrogen-bond acceptors (Lipinski definition) is 1. The van der Waals surface area contributed by atoms with Crippen molar-refractivity contribution in [2.75, 3.05) is 0 Å². The summed E-state index contributed by atoms with van der Waals surface area (Å²) in [6.07, 6.45) is 1.73. The molecular weight excluding hydrogens is 205 g/mol. The van der Waals surface area contributed by atoms with Gasteiger partial charge >= 0.3 is 0 Å². The van der Waals surface area contributed by atoms with Crippen molar-refractivity contribution in [3.05, 3.63) is 33.8 Å². The van der Waals surface area contributed by atoms with Crippen molar-refractivity contribution < 1.29 is 0 Å². The van der Waals surface area contributed by atoms with Gasteiger partial charge in [0.1, 0.15) is 0 Å². The Morgan fingerprint density at radius 2 is 2.08 bits per heavy atom. The molecule has 0 heterocycles. The summed E-state index contributed by atoms with van der Waals surface area (Å²) in [4.78, 5) is 0. The van der Waals surface area contributed by atoms with Crippen molar-refractivity contribution >= 4 is 23.2 Å². The fourth-order valence-corrected chi connectivity index (χ4v) is 1.53. The third kappa shape index (κ3) is 2.87.